The zero-order chi connectivity index (χ0) is 10.6. The highest BCUT2D eigenvalue weighted by Gasteiger charge is 2.06. The lowest BCUT2D eigenvalue weighted by Gasteiger charge is -2.12. The summed E-state index contributed by atoms with van der Waals surface area (Å²) in [6.07, 6.45) is 0. The van der Waals surface area contributed by atoms with Crippen LogP contribution in [0.2, 0.25) is 0 Å². The van der Waals surface area contributed by atoms with Crippen molar-refractivity contribution in [3.8, 4) is 5.75 Å². The van der Waals surface area contributed by atoms with Gasteiger partial charge in [0.2, 0.25) is 0 Å². The Bertz CT molecular complexity index is 299. The van der Waals surface area contributed by atoms with Gasteiger partial charge in [0.1, 0.15) is 5.75 Å². The fourth-order valence-corrected chi connectivity index (χ4v) is 1.80. The first-order chi connectivity index (χ1) is 6.65. The van der Waals surface area contributed by atoms with Gasteiger partial charge in [0.25, 0.3) is 0 Å². The largest absolute Gasteiger partial charge is 0.495 e. The first-order valence-corrected chi connectivity index (χ1v) is 5.49. The van der Waals surface area contributed by atoms with Crippen molar-refractivity contribution in [1.82, 2.24) is 5.32 Å². The van der Waals surface area contributed by atoms with Crippen LogP contribution in [0, 0.1) is 0 Å². The highest BCUT2D eigenvalue weighted by Crippen LogP contribution is 2.28. The predicted molar refractivity (Wildman–Crippen MR) is 62.7 cm³/mol. The fraction of sp³-hybridized carbons (Fsp3) is 0.455. The van der Waals surface area contributed by atoms with E-state index in [4.69, 9.17) is 4.74 Å². The lowest BCUT2D eigenvalue weighted by molar-refractivity contribution is 0.404. The van der Waals surface area contributed by atoms with Crippen LogP contribution < -0.4 is 10.1 Å². The van der Waals surface area contributed by atoms with E-state index in [9.17, 15) is 0 Å². The van der Waals surface area contributed by atoms with Crippen molar-refractivity contribution in [3.05, 3.63) is 28.2 Å². The number of rotatable bonds is 4. The molecule has 0 aromatic heterocycles. The summed E-state index contributed by atoms with van der Waals surface area (Å²) < 4.78 is 6.32. The van der Waals surface area contributed by atoms with Crippen molar-refractivity contribution in [2.75, 3.05) is 7.11 Å². The second-order valence-electron chi connectivity index (χ2n) is 3.47. The average molecular weight is 258 g/mol. The quantitative estimate of drug-likeness (QED) is 0.896. The minimum atomic E-state index is 0.485. The molecule has 0 saturated heterocycles. The molecule has 1 N–H and O–H groups in total. The highest BCUT2D eigenvalue weighted by atomic mass is 79.9. The number of hydrogen-bond acceptors (Lipinski definition) is 2. The van der Waals surface area contributed by atoms with Crippen LogP contribution in [0.25, 0.3) is 0 Å². The Morgan fingerprint density at radius 2 is 2.14 bits per heavy atom. The molecule has 0 atom stereocenters. The second-order valence-corrected chi connectivity index (χ2v) is 4.32. The molecule has 0 saturated carbocycles. The molecule has 1 rings (SSSR count). The number of benzene rings is 1. The Hall–Kier alpha value is -0.540. The molecule has 14 heavy (non-hydrogen) atoms. The molecular weight excluding hydrogens is 242 g/mol. The maximum absolute atomic E-state index is 5.32. The van der Waals surface area contributed by atoms with Crippen molar-refractivity contribution >= 4 is 15.9 Å². The van der Waals surface area contributed by atoms with Crippen LogP contribution in [0.5, 0.6) is 5.75 Å². The maximum atomic E-state index is 5.32. The van der Waals surface area contributed by atoms with Gasteiger partial charge in [-0.1, -0.05) is 26.0 Å². The number of halogens is 1. The van der Waals surface area contributed by atoms with Crippen LogP contribution in [0.4, 0.5) is 0 Å². The number of nitrogens with one attached hydrogen (secondary N) is 1. The van der Waals surface area contributed by atoms with E-state index in [0.29, 0.717) is 6.04 Å². The third-order valence-corrected chi connectivity index (χ3v) is 2.58. The summed E-state index contributed by atoms with van der Waals surface area (Å²) in [5, 5.41) is 3.36. The van der Waals surface area contributed by atoms with E-state index < -0.39 is 0 Å². The van der Waals surface area contributed by atoms with Crippen LogP contribution in [0.15, 0.2) is 22.7 Å². The monoisotopic (exact) mass is 257 g/mol. The molecule has 0 heterocycles. The van der Waals surface area contributed by atoms with Crippen LogP contribution in [-0.2, 0) is 6.54 Å². The van der Waals surface area contributed by atoms with Gasteiger partial charge in [-0.25, -0.2) is 0 Å². The molecule has 0 amide bonds. The van der Waals surface area contributed by atoms with Gasteiger partial charge in [0, 0.05) is 18.2 Å². The molecule has 1 aromatic carbocycles. The zero-order valence-electron chi connectivity index (χ0n) is 8.80. The topological polar surface area (TPSA) is 21.3 Å². The summed E-state index contributed by atoms with van der Waals surface area (Å²) in [4.78, 5) is 0. The van der Waals surface area contributed by atoms with Crippen LogP contribution in [0.3, 0.4) is 0 Å². The van der Waals surface area contributed by atoms with Gasteiger partial charge in [-0.3, -0.25) is 0 Å². The van der Waals surface area contributed by atoms with E-state index in [1.165, 1.54) is 5.56 Å². The lowest BCUT2D eigenvalue weighted by atomic mass is 10.2. The van der Waals surface area contributed by atoms with E-state index in [1.54, 1.807) is 7.11 Å². The molecular formula is C11H16BrNO. The summed E-state index contributed by atoms with van der Waals surface area (Å²) in [6, 6.07) is 6.55. The van der Waals surface area contributed by atoms with Crippen molar-refractivity contribution in [1.29, 1.82) is 0 Å². The van der Waals surface area contributed by atoms with E-state index in [-0.39, 0.29) is 0 Å². The first-order valence-electron chi connectivity index (χ1n) is 4.70. The smallest absolute Gasteiger partial charge is 0.137 e. The second kappa shape index (κ2) is 5.37. The van der Waals surface area contributed by atoms with E-state index >= 15 is 0 Å². The van der Waals surface area contributed by atoms with Gasteiger partial charge in [-0.05, 0) is 22.0 Å². The van der Waals surface area contributed by atoms with Gasteiger partial charge in [0.15, 0.2) is 0 Å². The van der Waals surface area contributed by atoms with Crippen molar-refractivity contribution in [2.24, 2.45) is 0 Å². The van der Waals surface area contributed by atoms with Gasteiger partial charge < -0.3 is 10.1 Å². The molecule has 78 valence electrons. The maximum Gasteiger partial charge on any atom is 0.137 e. The van der Waals surface area contributed by atoms with Gasteiger partial charge in [-0.15, -0.1) is 0 Å². The molecule has 0 spiro atoms. The molecule has 0 unspecified atom stereocenters. The van der Waals surface area contributed by atoms with Gasteiger partial charge in [-0.2, -0.15) is 0 Å². The van der Waals surface area contributed by atoms with E-state index in [0.717, 1.165) is 16.8 Å². The Morgan fingerprint density at radius 3 is 2.71 bits per heavy atom. The number of hydrogen-bond donors (Lipinski definition) is 1. The normalized spacial score (nSPS) is 10.6. The zero-order valence-corrected chi connectivity index (χ0v) is 10.4. The summed E-state index contributed by atoms with van der Waals surface area (Å²) in [5.41, 5.74) is 1.18. The minimum Gasteiger partial charge on any atom is -0.495 e. The Balaban J connectivity index is 2.80. The molecule has 0 aliphatic rings. The molecule has 3 heteroatoms. The predicted octanol–water partition coefficient (Wildman–Crippen LogP) is 2.96. The summed E-state index contributed by atoms with van der Waals surface area (Å²) in [5.74, 6) is 0.917. The third-order valence-electron chi connectivity index (χ3n) is 1.95. The summed E-state index contributed by atoms with van der Waals surface area (Å²) >= 11 is 3.46. The summed E-state index contributed by atoms with van der Waals surface area (Å²) in [6.45, 7) is 5.09. The number of ether oxygens (including phenoxy) is 1. The molecule has 0 aliphatic carbocycles. The molecule has 0 aliphatic heterocycles. The number of para-hydroxylation sites is 1. The van der Waals surface area contributed by atoms with Gasteiger partial charge >= 0.3 is 0 Å². The first kappa shape index (κ1) is 11.5. The van der Waals surface area contributed by atoms with Crippen LogP contribution >= 0.6 is 15.9 Å². The van der Waals surface area contributed by atoms with Crippen LogP contribution in [0.1, 0.15) is 19.4 Å². The molecule has 0 radical (unpaired) electrons. The molecule has 2 nitrogen and oxygen atoms in total. The average Bonchev–Trinajstić information content (AvgIpc) is 2.14. The van der Waals surface area contributed by atoms with Crippen LogP contribution in [-0.4, -0.2) is 13.2 Å². The Kier molecular flexibility index (Phi) is 4.42. The molecule has 0 fully saturated rings. The fourth-order valence-electron chi connectivity index (χ4n) is 1.24. The SMILES string of the molecule is COc1c(Br)cccc1CNC(C)C. The standard InChI is InChI=1S/C11H16BrNO/c1-8(2)13-7-9-5-4-6-10(12)11(9)14-3/h4-6,8,13H,7H2,1-3H3. The van der Waals surface area contributed by atoms with Gasteiger partial charge in [0.05, 0.1) is 11.6 Å². The number of methoxy groups -OCH3 is 1. The van der Waals surface area contributed by atoms with Crippen molar-refractivity contribution in [3.63, 3.8) is 0 Å². The Labute approximate surface area is 93.8 Å². The van der Waals surface area contributed by atoms with E-state index in [2.05, 4.69) is 41.2 Å². The van der Waals surface area contributed by atoms with Crippen molar-refractivity contribution in [2.45, 2.75) is 26.4 Å². The third kappa shape index (κ3) is 3.00. The molecule has 0 bridgehead atoms. The highest BCUT2D eigenvalue weighted by molar-refractivity contribution is 9.10. The Morgan fingerprint density at radius 1 is 1.43 bits per heavy atom. The molecule has 1 aromatic rings. The van der Waals surface area contributed by atoms with E-state index in [1.807, 2.05) is 12.1 Å². The van der Waals surface area contributed by atoms with Crippen molar-refractivity contribution < 1.29 is 4.74 Å². The minimum absolute atomic E-state index is 0.485. The lowest BCUT2D eigenvalue weighted by Crippen LogP contribution is -2.22. The summed E-state index contributed by atoms with van der Waals surface area (Å²) in [7, 11) is 1.69.